The zero-order valence-electron chi connectivity index (χ0n) is 12.7. The number of rotatable bonds is 4. The molecule has 3 rings (SSSR count). The molecule has 1 heterocycles. The molecule has 1 aliphatic heterocycles. The van der Waals surface area contributed by atoms with E-state index in [1.54, 1.807) is 0 Å². The van der Waals surface area contributed by atoms with Gasteiger partial charge in [0.25, 0.3) is 0 Å². The van der Waals surface area contributed by atoms with Crippen LogP contribution in [-0.4, -0.2) is 18.2 Å². The van der Waals surface area contributed by atoms with Crippen LogP contribution in [0.25, 0.3) is 0 Å². The van der Waals surface area contributed by atoms with Gasteiger partial charge in [0.1, 0.15) is 12.1 Å². The van der Waals surface area contributed by atoms with Crippen molar-refractivity contribution in [2.75, 3.05) is 13.1 Å². The fraction of sp³-hybridized carbons (Fsp3) is 0.368. The Bertz CT molecular complexity index is 578. The van der Waals surface area contributed by atoms with Crippen LogP contribution in [0, 0.1) is 0 Å². The van der Waals surface area contributed by atoms with Gasteiger partial charge >= 0.3 is 0 Å². The lowest BCUT2D eigenvalue weighted by atomic mass is 9.93. The molecule has 1 fully saturated rings. The van der Waals surface area contributed by atoms with Crippen LogP contribution in [-0.2, 0) is 0 Å². The summed E-state index contributed by atoms with van der Waals surface area (Å²) in [5.74, 6) is 0. The summed E-state index contributed by atoms with van der Waals surface area (Å²) in [6.45, 7) is 2.29. The Labute approximate surface area is 140 Å². The molecule has 0 saturated carbocycles. The highest BCUT2D eigenvalue weighted by atomic mass is 79.9. The molecule has 0 aliphatic carbocycles. The molecule has 2 atom stereocenters. The van der Waals surface area contributed by atoms with E-state index in [9.17, 15) is 5.11 Å². The second-order valence-electron chi connectivity index (χ2n) is 6.10. The summed E-state index contributed by atoms with van der Waals surface area (Å²) < 4.78 is 1.05. The van der Waals surface area contributed by atoms with Crippen molar-refractivity contribution in [3.63, 3.8) is 0 Å². The summed E-state index contributed by atoms with van der Waals surface area (Å²) in [6, 6.07) is 18.6. The van der Waals surface area contributed by atoms with Gasteiger partial charge < -0.3 is 10.0 Å². The summed E-state index contributed by atoms with van der Waals surface area (Å²) in [5, 5.41) is 11.0. The zero-order valence-corrected chi connectivity index (χ0v) is 14.3. The number of hydrogen-bond donors (Lipinski definition) is 2. The van der Waals surface area contributed by atoms with E-state index in [0.29, 0.717) is 0 Å². The first-order valence-electron chi connectivity index (χ1n) is 8.09. The average Bonchev–Trinajstić information content (AvgIpc) is 2.57. The quantitative estimate of drug-likeness (QED) is 0.858. The van der Waals surface area contributed by atoms with Crippen molar-refractivity contribution in [1.29, 1.82) is 0 Å². The van der Waals surface area contributed by atoms with Crippen molar-refractivity contribution < 1.29 is 10.0 Å². The minimum Gasteiger partial charge on any atom is -0.382 e. The van der Waals surface area contributed by atoms with E-state index >= 15 is 0 Å². The van der Waals surface area contributed by atoms with Crippen molar-refractivity contribution in [3.05, 3.63) is 70.2 Å². The number of hydrogen-bond acceptors (Lipinski definition) is 1. The highest BCUT2D eigenvalue weighted by Crippen LogP contribution is 2.28. The molecule has 2 aromatic rings. The maximum atomic E-state index is 11.0. The molecule has 2 N–H and O–H groups in total. The van der Waals surface area contributed by atoms with Gasteiger partial charge in [-0.25, -0.2) is 0 Å². The first kappa shape index (κ1) is 15.7. The summed E-state index contributed by atoms with van der Waals surface area (Å²) in [7, 11) is 0. The van der Waals surface area contributed by atoms with E-state index in [0.717, 1.165) is 23.1 Å². The Morgan fingerprint density at radius 3 is 2.09 bits per heavy atom. The second kappa shape index (κ2) is 7.40. The SMILES string of the molecule is O[C@H](c1ccc(Br)cc1)[C@@H](c1ccccc1)[NH+]1CCCCC1. The molecule has 0 amide bonds. The van der Waals surface area contributed by atoms with Gasteiger partial charge in [-0.1, -0.05) is 58.4 Å². The Balaban J connectivity index is 1.91. The van der Waals surface area contributed by atoms with Crippen LogP contribution >= 0.6 is 15.9 Å². The lowest BCUT2D eigenvalue weighted by Crippen LogP contribution is -3.13. The average molecular weight is 361 g/mol. The number of aliphatic hydroxyl groups is 1. The third kappa shape index (κ3) is 3.60. The van der Waals surface area contributed by atoms with Gasteiger partial charge in [-0.3, -0.25) is 0 Å². The molecule has 0 aromatic heterocycles. The lowest BCUT2D eigenvalue weighted by Gasteiger charge is -2.34. The zero-order chi connectivity index (χ0) is 15.4. The predicted molar refractivity (Wildman–Crippen MR) is 92.8 cm³/mol. The Morgan fingerprint density at radius 2 is 1.45 bits per heavy atom. The highest BCUT2D eigenvalue weighted by Gasteiger charge is 2.33. The van der Waals surface area contributed by atoms with E-state index in [1.807, 2.05) is 30.3 Å². The maximum Gasteiger partial charge on any atom is 0.144 e. The van der Waals surface area contributed by atoms with Crippen molar-refractivity contribution in [2.24, 2.45) is 0 Å². The van der Waals surface area contributed by atoms with Crippen LogP contribution in [0.2, 0.25) is 0 Å². The molecule has 0 spiro atoms. The number of likely N-dealkylation sites (tertiary alicyclic amines) is 1. The molecular formula is C19H23BrNO+. The van der Waals surface area contributed by atoms with Gasteiger partial charge in [0.05, 0.1) is 13.1 Å². The van der Waals surface area contributed by atoms with Crippen molar-refractivity contribution in [3.8, 4) is 0 Å². The molecule has 2 aromatic carbocycles. The standard InChI is InChI=1S/C19H22BrNO/c20-17-11-9-16(10-12-17)19(22)18(15-7-3-1-4-8-15)21-13-5-2-6-14-21/h1,3-4,7-12,18-19,22H,2,5-6,13-14H2/p+1/t18-,19-/m1/s1. The van der Waals surface area contributed by atoms with E-state index in [4.69, 9.17) is 0 Å². The first-order chi connectivity index (χ1) is 10.8. The largest absolute Gasteiger partial charge is 0.382 e. The molecule has 1 saturated heterocycles. The Kier molecular flexibility index (Phi) is 5.29. The molecule has 116 valence electrons. The summed E-state index contributed by atoms with van der Waals surface area (Å²) in [4.78, 5) is 1.51. The third-order valence-electron chi connectivity index (χ3n) is 4.62. The highest BCUT2D eigenvalue weighted by molar-refractivity contribution is 9.10. The van der Waals surface area contributed by atoms with E-state index in [1.165, 1.54) is 29.7 Å². The van der Waals surface area contributed by atoms with Gasteiger partial charge in [0.15, 0.2) is 0 Å². The van der Waals surface area contributed by atoms with Crippen molar-refractivity contribution in [2.45, 2.75) is 31.4 Å². The van der Waals surface area contributed by atoms with Crippen LogP contribution in [0.3, 0.4) is 0 Å². The summed E-state index contributed by atoms with van der Waals surface area (Å²) in [5.41, 5.74) is 2.23. The first-order valence-corrected chi connectivity index (χ1v) is 8.88. The Morgan fingerprint density at radius 1 is 0.818 bits per heavy atom. The normalized spacial score (nSPS) is 18.8. The number of halogens is 1. The molecule has 3 heteroatoms. The van der Waals surface area contributed by atoms with Gasteiger partial charge in [0.2, 0.25) is 0 Å². The van der Waals surface area contributed by atoms with Crippen LogP contribution < -0.4 is 4.90 Å². The molecule has 0 radical (unpaired) electrons. The topological polar surface area (TPSA) is 24.7 Å². The minimum atomic E-state index is -0.469. The fourth-order valence-electron chi connectivity index (χ4n) is 3.47. The molecule has 22 heavy (non-hydrogen) atoms. The van der Waals surface area contributed by atoms with Crippen molar-refractivity contribution >= 4 is 15.9 Å². The van der Waals surface area contributed by atoms with E-state index in [2.05, 4.69) is 40.2 Å². The van der Waals surface area contributed by atoms with Gasteiger partial charge in [-0.15, -0.1) is 0 Å². The number of quaternary nitrogens is 1. The van der Waals surface area contributed by atoms with E-state index in [-0.39, 0.29) is 6.04 Å². The van der Waals surface area contributed by atoms with Crippen LogP contribution in [0.5, 0.6) is 0 Å². The number of nitrogens with one attached hydrogen (secondary N) is 1. The van der Waals surface area contributed by atoms with Crippen LogP contribution in [0.4, 0.5) is 0 Å². The number of benzene rings is 2. The molecule has 0 bridgehead atoms. The van der Waals surface area contributed by atoms with E-state index < -0.39 is 6.10 Å². The monoisotopic (exact) mass is 360 g/mol. The molecule has 1 aliphatic rings. The second-order valence-corrected chi connectivity index (χ2v) is 7.02. The predicted octanol–water partition coefficient (Wildman–Crippen LogP) is 3.29. The number of piperidine rings is 1. The van der Waals surface area contributed by atoms with Crippen molar-refractivity contribution in [1.82, 2.24) is 0 Å². The van der Waals surface area contributed by atoms with Crippen LogP contribution in [0.1, 0.15) is 42.5 Å². The lowest BCUT2D eigenvalue weighted by molar-refractivity contribution is -0.941. The fourth-order valence-corrected chi connectivity index (χ4v) is 3.74. The van der Waals surface area contributed by atoms with Gasteiger partial charge in [-0.2, -0.15) is 0 Å². The summed E-state index contributed by atoms with van der Waals surface area (Å²) >= 11 is 3.47. The third-order valence-corrected chi connectivity index (χ3v) is 5.15. The molecule has 0 unspecified atom stereocenters. The minimum absolute atomic E-state index is 0.114. The summed E-state index contributed by atoms with van der Waals surface area (Å²) in [6.07, 6.45) is 3.36. The van der Waals surface area contributed by atoms with Gasteiger partial charge in [-0.05, 0) is 37.0 Å². The molecular weight excluding hydrogens is 338 g/mol. The van der Waals surface area contributed by atoms with Gasteiger partial charge in [0, 0.05) is 10.0 Å². The number of aliphatic hydroxyl groups excluding tert-OH is 1. The maximum absolute atomic E-state index is 11.0. The van der Waals surface area contributed by atoms with Crippen LogP contribution in [0.15, 0.2) is 59.1 Å². The molecule has 2 nitrogen and oxygen atoms in total. The smallest absolute Gasteiger partial charge is 0.144 e. The Hall–Kier alpha value is -1.16.